The molecule has 0 aliphatic carbocycles. The monoisotopic (exact) mass is 406 g/mol. The Morgan fingerprint density at radius 3 is 2.45 bits per heavy atom. The summed E-state index contributed by atoms with van der Waals surface area (Å²) < 4.78 is 0. The smallest absolute Gasteiger partial charge is 0.141 e. The van der Waals surface area contributed by atoms with Crippen LogP contribution in [-0.2, 0) is 30.5 Å². The number of Topliss-reactive ketones (excluding diaryl/α,β-unsaturated/α-hetero) is 1. The first-order chi connectivity index (χ1) is 15.2. The van der Waals surface area contributed by atoms with Crippen LogP contribution in [0.15, 0.2) is 79.1 Å². The van der Waals surface area contributed by atoms with Gasteiger partial charge in [0, 0.05) is 31.7 Å². The van der Waals surface area contributed by atoms with Gasteiger partial charge in [0.05, 0.1) is 23.9 Å². The number of carbonyl (C=O) groups excluding carboxylic acids is 1. The molecule has 4 rings (SSSR count). The Morgan fingerprint density at radius 1 is 0.903 bits per heavy atom. The van der Waals surface area contributed by atoms with Crippen LogP contribution >= 0.6 is 0 Å². The fourth-order valence-electron chi connectivity index (χ4n) is 3.54. The fraction of sp³-hybridized carbons (Fsp3) is 0.154. The zero-order valence-corrected chi connectivity index (χ0v) is 17.1. The van der Waals surface area contributed by atoms with Crippen molar-refractivity contribution in [3.05, 3.63) is 107 Å². The summed E-state index contributed by atoms with van der Waals surface area (Å²) in [6.07, 6.45) is 5.41. The highest BCUT2D eigenvalue weighted by molar-refractivity contribution is 5.83. The number of hydrogen-bond acceptors (Lipinski definition) is 4. The van der Waals surface area contributed by atoms with Gasteiger partial charge in [-0.15, -0.1) is 0 Å². The highest BCUT2D eigenvalue weighted by Crippen LogP contribution is 2.16. The third kappa shape index (κ3) is 5.52. The summed E-state index contributed by atoms with van der Waals surface area (Å²) in [5, 5.41) is 8.76. The third-order valence-electron chi connectivity index (χ3n) is 5.04. The largest absolute Gasteiger partial charge is 0.360 e. The number of hydrogen-bond donors (Lipinski definition) is 1. The number of nitrogens with one attached hydrogen (secondary N) is 1. The van der Waals surface area contributed by atoms with Crippen LogP contribution in [0.4, 0.5) is 0 Å². The Labute approximate surface area is 181 Å². The summed E-state index contributed by atoms with van der Waals surface area (Å²) >= 11 is 0. The molecular formula is C26H22N4O. The summed E-state index contributed by atoms with van der Waals surface area (Å²) in [7, 11) is 0. The van der Waals surface area contributed by atoms with Gasteiger partial charge in [0.2, 0.25) is 0 Å². The molecule has 2 aromatic heterocycles. The van der Waals surface area contributed by atoms with Crippen molar-refractivity contribution in [1.29, 1.82) is 5.26 Å². The lowest BCUT2D eigenvalue weighted by molar-refractivity contribution is -0.117. The van der Waals surface area contributed by atoms with Crippen LogP contribution in [-0.4, -0.2) is 20.7 Å². The molecule has 0 spiro atoms. The lowest BCUT2D eigenvalue weighted by atomic mass is 9.99. The fourth-order valence-corrected chi connectivity index (χ4v) is 3.54. The molecule has 0 fully saturated rings. The van der Waals surface area contributed by atoms with Crippen LogP contribution in [0.3, 0.4) is 0 Å². The SMILES string of the molecule is N#CCc1ccc(CC(=O)Cc2cccc(Cc3nccc(-c4ccc[nH]4)n3)c2)cc1. The van der Waals surface area contributed by atoms with E-state index in [-0.39, 0.29) is 5.78 Å². The molecular weight excluding hydrogens is 384 g/mol. The summed E-state index contributed by atoms with van der Waals surface area (Å²) in [5.74, 6) is 0.906. The number of carbonyl (C=O) groups is 1. The molecule has 2 aromatic carbocycles. The van der Waals surface area contributed by atoms with Gasteiger partial charge < -0.3 is 4.98 Å². The zero-order valence-electron chi connectivity index (χ0n) is 17.1. The van der Waals surface area contributed by atoms with Gasteiger partial charge in [-0.05, 0) is 40.5 Å². The van der Waals surface area contributed by atoms with Gasteiger partial charge in [0.1, 0.15) is 11.6 Å². The zero-order chi connectivity index (χ0) is 21.5. The second-order valence-electron chi connectivity index (χ2n) is 7.48. The predicted octanol–water partition coefficient (Wildman–Crippen LogP) is 4.48. The van der Waals surface area contributed by atoms with Crippen molar-refractivity contribution in [2.45, 2.75) is 25.7 Å². The molecule has 0 atom stereocenters. The van der Waals surface area contributed by atoms with Crippen molar-refractivity contribution in [2.24, 2.45) is 0 Å². The van der Waals surface area contributed by atoms with Crippen molar-refractivity contribution in [3.63, 3.8) is 0 Å². The number of benzene rings is 2. The van der Waals surface area contributed by atoms with Crippen LogP contribution in [0.1, 0.15) is 28.1 Å². The van der Waals surface area contributed by atoms with Gasteiger partial charge >= 0.3 is 0 Å². The lowest BCUT2D eigenvalue weighted by Crippen LogP contribution is -2.07. The average molecular weight is 406 g/mol. The number of H-pyrrole nitrogens is 1. The molecule has 0 unspecified atom stereocenters. The van der Waals surface area contributed by atoms with E-state index in [1.165, 1.54) is 0 Å². The Kier molecular flexibility index (Phi) is 6.29. The molecule has 4 aromatic rings. The van der Waals surface area contributed by atoms with Crippen molar-refractivity contribution in [1.82, 2.24) is 15.0 Å². The van der Waals surface area contributed by atoms with Gasteiger partial charge in [-0.1, -0.05) is 48.5 Å². The first kappa shape index (κ1) is 20.2. The highest BCUT2D eigenvalue weighted by atomic mass is 16.1. The number of ketones is 1. The van der Waals surface area contributed by atoms with E-state index in [2.05, 4.69) is 27.1 Å². The van der Waals surface area contributed by atoms with Crippen LogP contribution < -0.4 is 0 Å². The molecule has 0 amide bonds. The molecule has 5 nitrogen and oxygen atoms in total. The summed E-state index contributed by atoms with van der Waals surface area (Å²) in [6, 6.07) is 23.7. The van der Waals surface area contributed by atoms with Crippen molar-refractivity contribution < 1.29 is 4.79 Å². The maximum atomic E-state index is 12.6. The van der Waals surface area contributed by atoms with E-state index in [1.54, 1.807) is 6.20 Å². The van der Waals surface area contributed by atoms with Crippen molar-refractivity contribution in [3.8, 4) is 17.5 Å². The van der Waals surface area contributed by atoms with Crippen molar-refractivity contribution in [2.75, 3.05) is 0 Å². The van der Waals surface area contributed by atoms with Gasteiger partial charge in [-0.2, -0.15) is 5.26 Å². The standard InChI is InChI=1S/C26H22N4O/c27-12-10-19-6-8-20(9-7-19)16-23(31)17-21-3-1-4-22(15-21)18-26-29-14-11-25(30-26)24-5-2-13-28-24/h1-9,11,13-15,28H,10,16-18H2. The van der Waals surface area contributed by atoms with E-state index in [4.69, 9.17) is 5.26 Å². The Morgan fingerprint density at radius 2 is 1.68 bits per heavy atom. The topological polar surface area (TPSA) is 82.4 Å². The molecule has 0 bridgehead atoms. The number of rotatable bonds is 8. The van der Waals surface area contributed by atoms with Gasteiger partial charge in [0.15, 0.2) is 0 Å². The minimum absolute atomic E-state index is 0.162. The summed E-state index contributed by atoms with van der Waals surface area (Å²) in [6.45, 7) is 0. The highest BCUT2D eigenvalue weighted by Gasteiger charge is 2.08. The van der Waals surface area contributed by atoms with Crippen LogP contribution in [0.2, 0.25) is 0 Å². The van der Waals surface area contributed by atoms with E-state index in [0.29, 0.717) is 25.7 Å². The summed E-state index contributed by atoms with van der Waals surface area (Å²) in [5.41, 5.74) is 5.83. The molecule has 152 valence electrons. The molecule has 0 aliphatic rings. The molecule has 5 heteroatoms. The third-order valence-corrected chi connectivity index (χ3v) is 5.04. The second-order valence-corrected chi connectivity index (χ2v) is 7.48. The van der Waals surface area contributed by atoms with Gasteiger partial charge in [0.25, 0.3) is 0 Å². The van der Waals surface area contributed by atoms with Crippen molar-refractivity contribution >= 4 is 5.78 Å². The normalized spacial score (nSPS) is 10.5. The number of nitrogens with zero attached hydrogens (tertiary/aromatic N) is 3. The van der Waals surface area contributed by atoms with Gasteiger partial charge in [-0.25, -0.2) is 9.97 Å². The quantitative estimate of drug-likeness (QED) is 0.468. The first-order valence-electron chi connectivity index (χ1n) is 10.2. The predicted molar refractivity (Wildman–Crippen MR) is 119 cm³/mol. The van der Waals surface area contributed by atoms with E-state index >= 15 is 0 Å². The van der Waals surface area contributed by atoms with Crippen LogP contribution in [0, 0.1) is 11.3 Å². The molecule has 0 radical (unpaired) electrons. The molecule has 0 aliphatic heterocycles. The minimum atomic E-state index is 0.162. The molecule has 1 N–H and O–H groups in total. The number of aromatic nitrogens is 3. The molecule has 31 heavy (non-hydrogen) atoms. The maximum Gasteiger partial charge on any atom is 0.141 e. The Hall–Kier alpha value is -4.04. The minimum Gasteiger partial charge on any atom is -0.360 e. The lowest BCUT2D eigenvalue weighted by Gasteiger charge is -2.07. The van der Waals surface area contributed by atoms with Crippen LogP contribution in [0.25, 0.3) is 11.4 Å². The second kappa shape index (κ2) is 9.64. The van der Waals surface area contributed by atoms with E-state index in [1.807, 2.05) is 66.9 Å². The van der Waals surface area contributed by atoms with E-state index < -0.39 is 0 Å². The maximum absolute atomic E-state index is 12.6. The molecule has 2 heterocycles. The Bertz CT molecular complexity index is 1200. The van der Waals surface area contributed by atoms with Gasteiger partial charge in [-0.3, -0.25) is 4.79 Å². The van der Waals surface area contributed by atoms with E-state index in [0.717, 1.165) is 39.5 Å². The molecule has 0 saturated carbocycles. The number of aromatic amines is 1. The van der Waals surface area contributed by atoms with Crippen LogP contribution in [0.5, 0.6) is 0 Å². The average Bonchev–Trinajstić information content (AvgIpc) is 3.31. The summed E-state index contributed by atoms with van der Waals surface area (Å²) in [4.78, 5) is 24.8. The number of nitriles is 1. The molecule has 0 saturated heterocycles. The first-order valence-corrected chi connectivity index (χ1v) is 10.2. The van der Waals surface area contributed by atoms with E-state index in [9.17, 15) is 4.79 Å². The Balaban J connectivity index is 1.40.